The zero-order chi connectivity index (χ0) is 13.9. The molecule has 1 aromatic heterocycles. The summed E-state index contributed by atoms with van der Waals surface area (Å²) in [5.74, 6) is 1.44. The maximum absolute atomic E-state index is 5.82. The van der Waals surface area contributed by atoms with Crippen LogP contribution in [-0.2, 0) is 0 Å². The van der Waals surface area contributed by atoms with Gasteiger partial charge in [-0.15, -0.1) is 5.10 Å². The van der Waals surface area contributed by atoms with E-state index in [2.05, 4.69) is 28.9 Å². The highest BCUT2D eigenvalue weighted by molar-refractivity contribution is 7.80. The van der Waals surface area contributed by atoms with Crippen LogP contribution in [0.25, 0.3) is 0 Å². The van der Waals surface area contributed by atoms with E-state index in [1.54, 1.807) is 0 Å². The van der Waals surface area contributed by atoms with Crippen LogP contribution in [0.5, 0.6) is 0 Å². The van der Waals surface area contributed by atoms with Crippen LogP contribution in [0.4, 0.5) is 5.82 Å². The molecule has 0 aliphatic heterocycles. The maximum Gasteiger partial charge on any atom is 0.161 e. The topological polar surface area (TPSA) is 55.0 Å². The Morgan fingerprint density at radius 1 is 1.33 bits per heavy atom. The summed E-state index contributed by atoms with van der Waals surface area (Å²) in [5, 5.41) is 8.41. The van der Waals surface area contributed by atoms with E-state index in [0.717, 1.165) is 35.6 Å². The molecule has 0 atom stereocenters. The van der Waals surface area contributed by atoms with Gasteiger partial charge in [0.15, 0.2) is 5.82 Å². The molecule has 2 N–H and O–H groups in total. The van der Waals surface area contributed by atoms with Crippen molar-refractivity contribution >= 4 is 23.0 Å². The molecule has 100 valence electrons. The summed E-state index contributed by atoms with van der Waals surface area (Å²) >= 11 is 5.13. The zero-order valence-corrected chi connectivity index (χ0v) is 12.6. The average Bonchev–Trinajstić information content (AvgIpc) is 2.28. The second-order valence-corrected chi connectivity index (χ2v) is 5.52. The number of nitrogens with zero attached hydrogens (tertiary/aromatic N) is 3. The highest BCUT2D eigenvalue weighted by Gasteiger charge is 2.16. The first-order valence-electron chi connectivity index (χ1n) is 6.19. The molecule has 0 saturated carbocycles. The second kappa shape index (κ2) is 6.09. The molecule has 0 unspecified atom stereocenters. The molecular formula is C13H22N4S. The highest BCUT2D eigenvalue weighted by Crippen LogP contribution is 2.21. The van der Waals surface area contributed by atoms with Crippen molar-refractivity contribution in [2.24, 2.45) is 11.7 Å². The van der Waals surface area contributed by atoms with Crippen LogP contribution < -0.4 is 10.6 Å². The van der Waals surface area contributed by atoms with Gasteiger partial charge >= 0.3 is 0 Å². The van der Waals surface area contributed by atoms with Crippen LogP contribution in [0.2, 0.25) is 0 Å². The van der Waals surface area contributed by atoms with Gasteiger partial charge in [-0.25, -0.2) is 0 Å². The number of aryl methyl sites for hydroxylation is 1. The largest absolute Gasteiger partial charge is 0.389 e. The summed E-state index contributed by atoms with van der Waals surface area (Å²) < 4.78 is 0. The molecule has 0 aromatic carbocycles. The van der Waals surface area contributed by atoms with Crippen LogP contribution in [0.15, 0.2) is 0 Å². The van der Waals surface area contributed by atoms with Crippen LogP contribution in [0.1, 0.15) is 37.1 Å². The Kier molecular flexibility index (Phi) is 5.02. The van der Waals surface area contributed by atoms with Gasteiger partial charge in [0.05, 0.1) is 11.3 Å². The summed E-state index contributed by atoms with van der Waals surface area (Å²) in [6.07, 6.45) is 1.10. The summed E-state index contributed by atoms with van der Waals surface area (Å²) in [6.45, 7) is 9.23. The van der Waals surface area contributed by atoms with Crippen molar-refractivity contribution in [2.75, 3.05) is 18.5 Å². The molecule has 0 radical (unpaired) electrons. The third-order valence-corrected chi connectivity index (χ3v) is 3.29. The van der Waals surface area contributed by atoms with Gasteiger partial charge in [0, 0.05) is 13.6 Å². The van der Waals surface area contributed by atoms with E-state index in [1.165, 1.54) is 0 Å². The Balaban J connectivity index is 3.08. The van der Waals surface area contributed by atoms with E-state index < -0.39 is 0 Å². The third kappa shape index (κ3) is 3.38. The molecule has 0 fully saturated rings. The monoisotopic (exact) mass is 266 g/mol. The number of rotatable bonds is 5. The van der Waals surface area contributed by atoms with E-state index >= 15 is 0 Å². The van der Waals surface area contributed by atoms with Crippen molar-refractivity contribution in [1.82, 2.24) is 10.2 Å². The first-order valence-corrected chi connectivity index (χ1v) is 6.60. The van der Waals surface area contributed by atoms with Crippen LogP contribution in [0.3, 0.4) is 0 Å². The van der Waals surface area contributed by atoms with Gasteiger partial charge in [0.25, 0.3) is 0 Å². The van der Waals surface area contributed by atoms with Gasteiger partial charge in [0.1, 0.15) is 4.99 Å². The van der Waals surface area contributed by atoms with Crippen molar-refractivity contribution in [3.05, 3.63) is 16.8 Å². The molecule has 1 rings (SSSR count). The fraction of sp³-hybridized carbons (Fsp3) is 0.615. The number of aromatic nitrogens is 2. The number of hydrogen-bond acceptors (Lipinski definition) is 4. The van der Waals surface area contributed by atoms with E-state index in [-0.39, 0.29) is 0 Å². The number of nitrogens with two attached hydrogens (primary N) is 1. The molecule has 0 saturated heterocycles. The lowest BCUT2D eigenvalue weighted by atomic mass is 10.1. The number of thiocarbonyl (C=S) groups is 1. The SMILES string of the molecule is Cc1nnc(N(C)CCC(C)C)c(C(N)=S)c1C. The van der Waals surface area contributed by atoms with Crippen LogP contribution >= 0.6 is 12.2 Å². The fourth-order valence-electron chi connectivity index (χ4n) is 1.72. The molecule has 0 aliphatic rings. The molecular weight excluding hydrogens is 244 g/mol. The first kappa shape index (κ1) is 14.8. The molecule has 1 heterocycles. The fourth-order valence-corrected chi connectivity index (χ4v) is 1.96. The standard InChI is InChI=1S/C13H22N4S/c1-8(2)6-7-17(5)13-11(12(14)18)9(3)10(4)15-16-13/h8H,6-7H2,1-5H3,(H2,14,18). The van der Waals surface area contributed by atoms with E-state index in [4.69, 9.17) is 18.0 Å². The Labute approximate surface area is 115 Å². The lowest BCUT2D eigenvalue weighted by Crippen LogP contribution is -2.26. The van der Waals surface area contributed by atoms with Gasteiger partial charge in [0.2, 0.25) is 0 Å². The van der Waals surface area contributed by atoms with E-state index in [1.807, 2.05) is 20.9 Å². The maximum atomic E-state index is 5.82. The smallest absolute Gasteiger partial charge is 0.161 e. The second-order valence-electron chi connectivity index (χ2n) is 5.08. The molecule has 0 amide bonds. The lowest BCUT2D eigenvalue weighted by Gasteiger charge is -2.22. The molecule has 18 heavy (non-hydrogen) atoms. The summed E-state index contributed by atoms with van der Waals surface area (Å²) in [4.78, 5) is 2.46. The van der Waals surface area contributed by atoms with Crippen molar-refractivity contribution < 1.29 is 0 Å². The molecule has 0 aliphatic carbocycles. The van der Waals surface area contributed by atoms with Gasteiger partial charge in [-0.2, -0.15) is 5.10 Å². The minimum Gasteiger partial charge on any atom is -0.389 e. The van der Waals surface area contributed by atoms with Gasteiger partial charge in [-0.1, -0.05) is 26.1 Å². The van der Waals surface area contributed by atoms with Crippen molar-refractivity contribution in [1.29, 1.82) is 0 Å². The van der Waals surface area contributed by atoms with Crippen molar-refractivity contribution in [3.8, 4) is 0 Å². The zero-order valence-electron chi connectivity index (χ0n) is 11.8. The normalized spacial score (nSPS) is 10.8. The lowest BCUT2D eigenvalue weighted by molar-refractivity contribution is 0.582. The van der Waals surface area contributed by atoms with Crippen LogP contribution in [0, 0.1) is 19.8 Å². The van der Waals surface area contributed by atoms with Crippen LogP contribution in [-0.4, -0.2) is 28.8 Å². The Morgan fingerprint density at radius 3 is 2.44 bits per heavy atom. The predicted octanol–water partition coefficient (Wildman–Crippen LogP) is 2.21. The quantitative estimate of drug-likeness (QED) is 0.828. The van der Waals surface area contributed by atoms with Crippen molar-refractivity contribution in [3.63, 3.8) is 0 Å². The summed E-state index contributed by atoms with van der Waals surface area (Å²) in [6, 6.07) is 0. The van der Waals surface area contributed by atoms with Crippen molar-refractivity contribution in [2.45, 2.75) is 34.1 Å². The summed E-state index contributed by atoms with van der Waals surface area (Å²) in [7, 11) is 2.00. The number of anilines is 1. The van der Waals surface area contributed by atoms with Gasteiger partial charge in [-0.05, 0) is 31.7 Å². The third-order valence-electron chi connectivity index (χ3n) is 3.09. The van der Waals surface area contributed by atoms with E-state index in [9.17, 15) is 0 Å². The minimum atomic E-state index is 0.386. The molecule has 4 nitrogen and oxygen atoms in total. The molecule has 1 aromatic rings. The average molecular weight is 266 g/mol. The molecule has 0 bridgehead atoms. The van der Waals surface area contributed by atoms with E-state index in [0.29, 0.717) is 10.9 Å². The summed E-state index contributed by atoms with van der Waals surface area (Å²) in [5.41, 5.74) is 8.56. The number of hydrogen-bond donors (Lipinski definition) is 1. The van der Waals surface area contributed by atoms with Gasteiger partial charge in [-0.3, -0.25) is 0 Å². The predicted molar refractivity (Wildman–Crippen MR) is 80.1 cm³/mol. The Bertz CT molecular complexity index is 443. The first-order chi connectivity index (χ1) is 8.34. The Morgan fingerprint density at radius 2 is 1.94 bits per heavy atom. The minimum absolute atomic E-state index is 0.386. The molecule has 0 spiro atoms. The highest BCUT2D eigenvalue weighted by atomic mass is 32.1. The molecule has 5 heteroatoms. The Hall–Kier alpha value is -1.23. The van der Waals surface area contributed by atoms with Gasteiger partial charge < -0.3 is 10.6 Å².